The van der Waals surface area contributed by atoms with Gasteiger partial charge in [0.05, 0.1) is 20.3 Å². The summed E-state index contributed by atoms with van der Waals surface area (Å²) in [4.78, 5) is 12.6. The maximum atomic E-state index is 11.9. The van der Waals surface area contributed by atoms with E-state index >= 15 is 0 Å². The number of nitrogens with zero attached hydrogens (tertiary/aromatic N) is 1. The Morgan fingerprint density at radius 3 is 2.53 bits per heavy atom. The fraction of sp³-hybridized carbons (Fsp3) is 0.0769. The Labute approximate surface area is 131 Å². The molecule has 19 heavy (non-hydrogen) atoms. The smallest absolute Gasteiger partial charge is 0.261 e. The van der Waals surface area contributed by atoms with Gasteiger partial charge >= 0.3 is 0 Å². The molecule has 0 aliphatic carbocycles. The van der Waals surface area contributed by atoms with E-state index in [4.69, 9.17) is 5.26 Å². The maximum absolute atomic E-state index is 11.9. The summed E-state index contributed by atoms with van der Waals surface area (Å²) in [5, 5.41) is 11.5. The molecule has 1 amide bonds. The zero-order valence-electron chi connectivity index (χ0n) is 9.61. The average Bonchev–Trinajstić information content (AvgIpc) is 2.77. The number of halogens is 2. The van der Waals surface area contributed by atoms with Gasteiger partial charge in [-0.05, 0) is 55.6 Å². The number of hydrogen-bond acceptors (Lipinski definition) is 3. The fourth-order valence-electron chi connectivity index (χ4n) is 1.43. The molecule has 0 bridgehead atoms. The number of carbonyl (C=O) groups is 1. The fourth-order valence-corrected chi connectivity index (χ4v) is 3.38. The van der Waals surface area contributed by atoms with Gasteiger partial charge in [0.15, 0.2) is 0 Å². The molecule has 1 heterocycles. The van der Waals surface area contributed by atoms with E-state index in [0.717, 1.165) is 13.8 Å². The van der Waals surface area contributed by atoms with Crippen LogP contribution in [0.2, 0.25) is 0 Å². The molecule has 0 spiro atoms. The molecular formula is C13H8Br2N2OS. The second-order valence-electron chi connectivity index (χ2n) is 3.72. The molecule has 0 aliphatic rings. The van der Waals surface area contributed by atoms with Crippen LogP contribution in [0, 0.1) is 11.3 Å². The first-order valence-electron chi connectivity index (χ1n) is 5.32. The molecular weight excluding hydrogens is 392 g/mol. The summed E-state index contributed by atoms with van der Waals surface area (Å²) in [6.45, 7) is 0.442. The van der Waals surface area contributed by atoms with Crippen molar-refractivity contribution in [3.63, 3.8) is 0 Å². The number of rotatable bonds is 3. The molecule has 3 nitrogen and oxygen atoms in total. The molecule has 2 rings (SSSR count). The average molecular weight is 400 g/mol. The molecule has 96 valence electrons. The zero-order valence-corrected chi connectivity index (χ0v) is 13.6. The molecule has 6 heteroatoms. The van der Waals surface area contributed by atoms with E-state index in [9.17, 15) is 4.79 Å². The highest BCUT2D eigenvalue weighted by molar-refractivity contribution is 9.13. The van der Waals surface area contributed by atoms with E-state index in [1.807, 2.05) is 12.1 Å². The lowest BCUT2D eigenvalue weighted by atomic mass is 10.1. The van der Waals surface area contributed by atoms with Crippen molar-refractivity contribution in [2.45, 2.75) is 6.54 Å². The highest BCUT2D eigenvalue weighted by Crippen LogP contribution is 2.32. The molecule has 0 saturated heterocycles. The van der Waals surface area contributed by atoms with Gasteiger partial charge in [-0.15, -0.1) is 11.3 Å². The van der Waals surface area contributed by atoms with Crippen molar-refractivity contribution in [1.82, 2.24) is 5.32 Å². The Hall–Kier alpha value is -1.16. The third-order valence-electron chi connectivity index (χ3n) is 2.41. The highest BCUT2D eigenvalue weighted by atomic mass is 79.9. The molecule has 0 aliphatic heterocycles. The Bertz CT molecular complexity index is 624. The van der Waals surface area contributed by atoms with Crippen molar-refractivity contribution in [3.05, 3.63) is 54.6 Å². The first-order chi connectivity index (χ1) is 9.10. The normalized spacial score (nSPS) is 9.95. The van der Waals surface area contributed by atoms with E-state index in [1.54, 1.807) is 18.2 Å². The second kappa shape index (κ2) is 6.33. The summed E-state index contributed by atoms with van der Waals surface area (Å²) in [6.07, 6.45) is 0. The second-order valence-corrected chi connectivity index (χ2v) is 6.95. The van der Waals surface area contributed by atoms with Gasteiger partial charge in [-0.25, -0.2) is 0 Å². The predicted octanol–water partition coefficient (Wildman–Crippen LogP) is 4.07. The lowest BCUT2D eigenvalue weighted by Gasteiger charge is -2.03. The van der Waals surface area contributed by atoms with Crippen LogP contribution < -0.4 is 5.32 Å². The van der Waals surface area contributed by atoms with E-state index < -0.39 is 0 Å². The van der Waals surface area contributed by atoms with Crippen molar-refractivity contribution in [2.24, 2.45) is 0 Å². The van der Waals surface area contributed by atoms with Gasteiger partial charge < -0.3 is 5.32 Å². The third kappa shape index (κ3) is 3.66. The van der Waals surface area contributed by atoms with Crippen LogP contribution in [0.3, 0.4) is 0 Å². The molecule has 2 aromatic rings. The van der Waals surface area contributed by atoms with Crippen LogP contribution in [0.5, 0.6) is 0 Å². The molecule has 0 unspecified atom stereocenters. The number of benzene rings is 1. The van der Waals surface area contributed by atoms with Gasteiger partial charge in [0.2, 0.25) is 0 Å². The largest absolute Gasteiger partial charge is 0.347 e. The molecule has 1 N–H and O–H groups in total. The Morgan fingerprint density at radius 2 is 2.00 bits per heavy atom. The summed E-state index contributed by atoms with van der Waals surface area (Å²) >= 11 is 8.08. The Kier molecular flexibility index (Phi) is 4.75. The van der Waals surface area contributed by atoms with Gasteiger partial charge in [-0.3, -0.25) is 4.79 Å². The standard InChI is InChI=1S/C13H8Br2N2OS/c14-10-5-11(19-12(10)15)13(18)17-7-9-3-1-8(6-16)2-4-9/h1-5H,7H2,(H,17,18). The molecule has 1 aromatic carbocycles. The summed E-state index contributed by atoms with van der Waals surface area (Å²) in [6, 6.07) is 11.0. The van der Waals surface area contributed by atoms with Gasteiger partial charge in [-0.2, -0.15) is 5.26 Å². The van der Waals surface area contributed by atoms with Crippen LogP contribution in [0.1, 0.15) is 20.8 Å². The summed E-state index contributed by atoms with van der Waals surface area (Å²) in [5.41, 5.74) is 1.57. The van der Waals surface area contributed by atoms with Crippen molar-refractivity contribution in [1.29, 1.82) is 5.26 Å². The van der Waals surface area contributed by atoms with Gasteiger partial charge in [0.1, 0.15) is 0 Å². The summed E-state index contributed by atoms with van der Waals surface area (Å²) in [7, 11) is 0. The van der Waals surface area contributed by atoms with Crippen LogP contribution in [-0.2, 0) is 6.54 Å². The number of carbonyl (C=O) groups excluding carboxylic acids is 1. The monoisotopic (exact) mass is 398 g/mol. The minimum Gasteiger partial charge on any atom is -0.347 e. The lowest BCUT2D eigenvalue weighted by Crippen LogP contribution is -2.21. The van der Waals surface area contributed by atoms with Crippen molar-refractivity contribution in [2.75, 3.05) is 0 Å². The van der Waals surface area contributed by atoms with Crippen LogP contribution in [0.25, 0.3) is 0 Å². The van der Waals surface area contributed by atoms with E-state index in [2.05, 4.69) is 43.2 Å². The first kappa shape index (κ1) is 14.3. The molecule has 0 radical (unpaired) electrons. The van der Waals surface area contributed by atoms with Crippen molar-refractivity contribution < 1.29 is 4.79 Å². The quantitative estimate of drug-likeness (QED) is 0.845. The van der Waals surface area contributed by atoms with Crippen LogP contribution in [-0.4, -0.2) is 5.91 Å². The summed E-state index contributed by atoms with van der Waals surface area (Å²) < 4.78 is 1.78. The molecule has 1 aromatic heterocycles. The minimum atomic E-state index is -0.110. The van der Waals surface area contributed by atoms with Gasteiger partial charge in [-0.1, -0.05) is 12.1 Å². The van der Waals surface area contributed by atoms with Crippen molar-refractivity contribution in [3.8, 4) is 6.07 Å². The van der Waals surface area contributed by atoms with Crippen LogP contribution in [0.15, 0.2) is 38.6 Å². The molecule has 0 fully saturated rings. The first-order valence-corrected chi connectivity index (χ1v) is 7.72. The minimum absolute atomic E-state index is 0.110. The van der Waals surface area contributed by atoms with Crippen molar-refractivity contribution >= 4 is 49.1 Å². The SMILES string of the molecule is N#Cc1ccc(CNC(=O)c2cc(Br)c(Br)s2)cc1. The highest BCUT2D eigenvalue weighted by Gasteiger charge is 2.11. The third-order valence-corrected chi connectivity index (χ3v) is 5.66. The van der Waals surface area contributed by atoms with Gasteiger partial charge in [0.25, 0.3) is 5.91 Å². The Balaban J connectivity index is 1.98. The predicted molar refractivity (Wildman–Crippen MR) is 82.0 cm³/mol. The van der Waals surface area contributed by atoms with Gasteiger partial charge in [0, 0.05) is 11.0 Å². The maximum Gasteiger partial charge on any atom is 0.261 e. The topological polar surface area (TPSA) is 52.9 Å². The van der Waals surface area contributed by atoms with Crippen LogP contribution >= 0.6 is 43.2 Å². The number of nitrogens with one attached hydrogen (secondary N) is 1. The van der Waals surface area contributed by atoms with Crippen LogP contribution in [0.4, 0.5) is 0 Å². The summed E-state index contributed by atoms with van der Waals surface area (Å²) in [5.74, 6) is -0.110. The number of hydrogen-bond donors (Lipinski definition) is 1. The Morgan fingerprint density at radius 1 is 1.32 bits per heavy atom. The molecule has 0 saturated carbocycles. The van der Waals surface area contributed by atoms with E-state index in [0.29, 0.717) is 17.0 Å². The lowest BCUT2D eigenvalue weighted by molar-refractivity contribution is 0.0955. The number of amides is 1. The molecule has 0 atom stereocenters. The number of nitriles is 1. The van der Waals surface area contributed by atoms with E-state index in [1.165, 1.54) is 11.3 Å². The number of thiophene rings is 1. The van der Waals surface area contributed by atoms with E-state index in [-0.39, 0.29) is 5.91 Å². The zero-order chi connectivity index (χ0) is 13.8.